The summed E-state index contributed by atoms with van der Waals surface area (Å²) in [7, 11) is 8.02. The quantitative estimate of drug-likeness (QED) is 0.854. The molecular formula is C16H26N4O. The van der Waals surface area contributed by atoms with E-state index in [4.69, 9.17) is 5.73 Å². The van der Waals surface area contributed by atoms with Gasteiger partial charge < -0.3 is 20.4 Å². The molecule has 116 valence electrons. The fourth-order valence-corrected chi connectivity index (χ4v) is 3.07. The molecule has 2 N–H and O–H groups in total. The molecule has 0 saturated carbocycles. The van der Waals surface area contributed by atoms with Crippen molar-refractivity contribution in [1.29, 1.82) is 0 Å². The van der Waals surface area contributed by atoms with Gasteiger partial charge >= 0.3 is 0 Å². The first-order valence-corrected chi connectivity index (χ1v) is 7.33. The van der Waals surface area contributed by atoms with Gasteiger partial charge in [0.2, 0.25) is 0 Å². The van der Waals surface area contributed by atoms with E-state index < -0.39 is 0 Å². The van der Waals surface area contributed by atoms with Gasteiger partial charge in [0.15, 0.2) is 0 Å². The van der Waals surface area contributed by atoms with E-state index in [1.807, 2.05) is 36.0 Å². The lowest BCUT2D eigenvalue weighted by atomic mass is 10.1. The number of nitrogens with zero attached hydrogens (tertiary/aromatic N) is 3. The lowest BCUT2D eigenvalue weighted by Crippen LogP contribution is -2.35. The molecule has 0 radical (unpaired) electrons. The molecule has 1 aliphatic rings. The highest BCUT2D eigenvalue weighted by Gasteiger charge is 2.34. The minimum absolute atomic E-state index is 0.0724. The molecule has 5 nitrogen and oxygen atoms in total. The number of carbonyl (C=O) groups excluding carboxylic acids is 1. The van der Waals surface area contributed by atoms with E-state index in [2.05, 4.69) is 25.9 Å². The van der Waals surface area contributed by atoms with Crippen LogP contribution in [0.4, 0.5) is 11.4 Å². The van der Waals surface area contributed by atoms with E-state index in [1.165, 1.54) is 0 Å². The summed E-state index contributed by atoms with van der Waals surface area (Å²) in [6.45, 7) is 3.78. The summed E-state index contributed by atoms with van der Waals surface area (Å²) in [6, 6.07) is 5.98. The summed E-state index contributed by atoms with van der Waals surface area (Å²) >= 11 is 0. The number of anilines is 2. The zero-order chi connectivity index (χ0) is 15.7. The molecule has 1 saturated heterocycles. The Morgan fingerprint density at radius 2 is 1.90 bits per heavy atom. The van der Waals surface area contributed by atoms with Crippen LogP contribution in [0.25, 0.3) is 0 Å². The zero-order valence-corrected chi connectivity index (χ0v) is 13.6. The SMILES string of the molecule is CC1CN(C(=O)c2ccc(N(C)C)c(N)c2)CC1N(C)C. The fourth-order valence-electron chi connectivity index (χ4n) is 3.07. The number of amides is 1. The molecule has 2 atom stereocenters. The van der Waals surface area contributed by atoms with Gasteiger partial charge in [-0.05, 0) is 38.2 Å². The number of rotatable bonds is 3. The van der Waals surface area contributed by atoms with Gasteiger partial charge in [-0.25, -0.2) is 0 Å². The highest BCUT2D eigenvalue weighted by molar-refractivity contribution is 5.96. The van der Waals surface area contributed by atoms with Crippen LogP contribution in [0.15, 0.2) is 18.2 Å². The predicted molar refractivity (Wildman–Crippen MR) is 87.7 cm³/mol. The van der Waals surface area contributed by atoms with E-state index >= 15 is 0 Å². The van der Waals surface area contributed by atoms with E-state index in [0.717, 1.165) is 18.8 Å². The number of carbonyl (C=O) groups is 1. The average Bonchev–Trinajstić information content (AvgIpc) is 2.79. The Kier molecular flexibility index (Phi) is 4.42. The maximum absolute atomic E-state index is 12.6. The summed E-state index contributed by atoms with van der Waals surface area (Å²) in [5, 5.41) is 0. The second-order valence-electron chi connectivity index (χ2n) is 6.39. The third-order valence-corrected chi connectivity index (χ3v) is 4.28. The number of likely N-dealkylation sites (N-methyl/N-ethyl adjacent to an activating group) is 1. The Morgan fingerprint density at radius 1 is 1.24 bits per heavy atom. The fraction of sp³-hybridized carbons (Fsp3) is 0.562. The van der Waals surface area contributed by atoms with Crippen LogP contribution >= 0.6 is 0 Å². The van der Waals surface area contributed by atoms with Gasteiger partial charge in [-0.15, -0.1) is 0 Å². The Hall–Kier alpha value is -1.75. The minimum atomic E-state index is 0.0724. The molecule has 21 heavy (non-hydrogen) atoms. The molecule has 0 bridgehead atoms. The topological polar surface area (TPSA) is 52.8 Å². The molecule has 0 spiro atoms. The van der Waals surface area contributed by atoms with Crippen LogP contribution in [0.2, 0.25) is 0 Å². The zero-order valence-electron chi connectivity index (χ0n) is 13.6. The first-order valence-electron chi connectivity index (χ1n) is 7.33. The Balaban J connectivity index is 2.16. The number of likely N-dealkylation sites (tertiary alicyclic amines) is 1. The van der Waals surface area contributed by atoms with Crippen molar-refractivity contribution in [3.8, 4) is 0 Å². The van der Waals surface area contributed by atoms with Crippen LogP contribution in [-0.4, -0.2) is 63.0 Å². The molecule has 1 aromatic rings. The van der Waals surface area contributed by atoms with Gasteiger partial charge in [0.05, 0.1) is 11.4 Å². The summed E-state index contributed by atoms with van der Waals surface area (Å²) in [5.74, 6) is 0.561. The molecule has 1 aromatic carbocycles. The lowest BCUT2D eigenvalue weighted by molar-refractivity contribution is 0.0781. The van der Waals surface area contributed by atoms with E-state index in [-0.39, 0.29) is 5.91 Å². The summed E-state index contributed by atoms with van der Waals surface area (Å²) in [6.07, 6.45) is 0. The Morgan fingerprint density at radius 3 is 2.38 bits per heavy atom. The molecule has 1 aliphatic heterocycles. The van der Waals surface area contributed by atoms with E-state index in [1.54, 1.807) is 6.07 Å². The highest BCUT2D eigenvalue weighted by Crippen LogP contribution is 2.26. The minimum Gasteiger partial charge on any atom is -0.397 e. The lowest BCUT2D eigenvalue weighted by Gasteiger charge is -2.22. The third kappa shape index (κ3) is 3.13. The largest absolute Gasteiger partial charge is 0.397 e. The monoisotopic (exact) mass is 290 g/mol. The van der Waals surface area contributed by atoms with Gasteiger partial charge in [-0.2, -0.15) is 0 Å². The Bertz CT molecular complexity index is 527. The average molecular weight is 290 g/mol. The normalized spacial score (nSPS) is 21.9. The van der Waals surface area contributed by atoms with Crippen molar-refractivity contribution in [2.75, 3.05) is 51.9 Å². The van der Waals surface area contributed by atoms with E-state index in [0.29, 0.717) is 23.2 Å². The van der Waals surface area contributed by atoms with Crippen molar-refractivity contribution in [3.63, 3.8) is 0 Å². The van der Waals surface area contributed by atoms with Crippen molar-refractivity contribution >= 4 is 17.3 Å². The number of benzene rings is 1. The van der Waals surface area contributed by atoms with Crippen molar-refractivity contribution in [3.05, 3.63) is 23.8 Å². The first-order chi connectivity index (χ1) is 9.81. The van der Waals surface area contributed by atoms with Crippen LogP contribution < -0.4 is 10.6 Å². The second-order valence-corrected chi connectivity index (χ2v) is 6.39. The van der Waals surface area contributed by atoms with Crippen LogP contribution in [0.3, 0.4) is 0 Å². The van der Waals surface area contributed by atoms with Crippen LogP contribution in [0, 0.1) is 5.92 Å². The first kappa shape index (κ1) is 15.6. The van der Waals surface area contributed by atoms with E-state index in [9.17, 15) is 4.79 Å². The number of nitrogens with two attached hydrogens (primary N) is 1. The van der Waals surface area contributed by atoms with Gasteiger partial charge in [-0.1, -0.05) is 6.92 Å². The standard InChI is InChI=1S/C16H26N4O/c1-11-9-20(10-15(11)19(4)5)16(21)12-6-7-14(18(2)3)13(17)8-12/h6-8,11,15H,9-10,17H2,1-5H3. The smallest absolute Gasteiger partial charge is 0.253 e. The molecular weight excluding hydrogens is 264 g/mol. The third-order valence-electron chi connectivity index (χ3n) is 4.28. The van der Waals surface area contributed by atoms with Crippen LogP contribution in [0.1, 0.15) is 17.3 Å². The molecule has 2 unspecified atom stereocenters. The molecule has 1 heterocycles. The van der Waals surface area contributed by atoms with Gasteiger partial charge in [0.1, 0.15) is 0 Å². The number of hydrogen-bond acceptors (Lipinski definition) is 4. The second kappa shape index (κ2) is 5.93. The highest BCUT2D eigenvalue weighted by atomic mass is 16.2. The molecule has 5 heteroatoms. The summed E-state index contributed by atoms with van der Waals surface area (Å²) < 4.78 is 0. The number of hydrogen-bond donors (Lipinski definition) is 1. The van der Waals surface area contributed by atoms with Crippen LogP contribution in [0.5, 0.6) is 0 Å². The summed E-state index contributed by atoms with van der Waals surface area (Å²) in [5.41, 5.74) is 8.29. The maximum Gasteiger partial charge on any atom is 0.253 e. The van der Waals surface area contributed by atoms with Gasteiger partial charge in [0.25, 0.3) is 5.91 Å². The number of nitrogen functional groups attached to an aromatic ring is 1. The van der Waals surface area contributed by atoms with Crippen LogP contribution in [-0.2, 0) is 0 Å². The molecule has 1 amide bonds. The molecule has 0 aliphatic carbocycles. The van der Waals surface area contributed by atoms with Crippen molar-refractivity contribution < 1.29 is 4.79 Å². The summed E-state index contributed by atoms with van der Waals surface area (Å²) in [4.78, 5) is 18.7. The maximum atomic E-state index is 12.6. The van der Waals surface area contributed by atoms with Gasteiger partial charge in [0, 0.05) is 38.8 Å². The van der Waals surface area contributed by atoms with Crippen molar-refractivity contribution in [2.24, 2.45) is 5.92 Å². The predicted octanol–water partition coefficient (Wildman–Crippen LogP) is 1.36. The Labute approximate surface area is 127 Å². The molecule has 0 aromatic heterocycles. The molecule has 2 rings (SSSR count). The van der Waals surface area contributed by atoms with Crippen molar-refractivity contribution in [2.45, 2.75) is 13.0 Å². The molecule has 1 fully saturated rings. The van der Waals surface area contributed by atoms with Crippen molar-refractivity contribution in [1.82, 2.24) is 9.80 Å². The van der Waals surface area contributed by atoms with Gasteiger partial charge in [-0.3, -0.25) is 4.79 Å².